The third-order valence-electron chi connectivity index (χ3n) is 4.67. The second-order valence-corrected chi connectivity index (χ2v) is 7.63. The average molecular weight is 457 g/mol. The molecule has 0 saturated carbocycles. The predicted molar refractivity (Wildman–Crippen MR) is 109 cm³/mol. The summed E-state index contributed by atoms with van der Waals surface area (Å²) in [5, 5.41) is 0. The van der Waals surface area contributed by atoms with Crippen LogP contribution in [0.5, 0.6) is 5.88 Å². The third kappa shape index (κ3) is 4.59. The van der Waals surface area contributed by atoms with Crippen molar-refractivity contribution in [1.82, 2.24) is 19.9 Å². The van der Waals surface area contributed by atoms with Crippen molar-refractivity contribution in [3.05, 3.63) is 70.8 Å². The Morgan fingerprint density at radius 3 is 2.66 bits per heavy atom. The van der Waals surface area contributed by atoms with Crippen molar-refractivity contribution in [2.75, 3.05) is 13.1 Å². The van der Waals surface area contributed by atoms with E-state index < -0.39 is 5.82 Å². The molecule has 3 aromatic rings. The summed E-state index contributed by atoms with van der Waals surface area (Å²) in [4.78, 5) is 27.3. The summed E-state index contributed by atoms with van der Waals surface area (Å²) in [6.45, 7) is 1.11. The molecule has 1 fully saturated rings. The van der Waals surface area contributed by atoms with Gasteiger partial charge >= 0.3 is 0 Å². The van der Waals surface area contributed by atoms with Gasteiger partial charge < -0.3 is 9.64 Å². The highest BCUT2D eigenvalue weighted by atomic mass is 79.9. The van der Waals surface area contributed by atoms with E-state index in [1.54, 1.807) is 41.4 Å². The van der Waals surface area contributed by atoms with Crippen molar-refractivity contribution in [1.29, 1.82) is 0 Å². The number of halogens is 2. The standard InChI is InChI=1S/C21H18BrFN4O2/c22-14-7-8-19(24-10-14)29-16-4-3-9-27(13-16)21(28)18-6-2-1-5-17(18)20-25-11-15(23)12-26-20/h1-2,5-8,10-12,16H,3-4,9,13H2. The Morgan fingerprint density at radius 2 is 1.90 bits per heavy atom. The molecular formula is C21H18BrFN4O2. The summed E-state index contributed by atoms with van der Waals surface area (Å²) in [5.41, 5.74) is 1.07. The van der Waals surface area contributed by atoms with Crippen LogP contribution in [0.15, 0.2) is 59.5 Å². The average Bonchev–Trinajstić information content (AvgIpc) is 2.76. The first-order valence-electron chi connectivity index (χ1n) is 9.24. The van der Waals surface area contributed by atoms with E-state index in [-0.39, 0.29) is 12.0 Å². The van der Waals surface area contributed by atoms with Crippen LogP contribution in [0.2, 0.25) is 0 Å². The molecule has 4 rings (SSSR count). The van der Waals surface area contributed by atoms with Gasteiger partial charge in [-0.2, -0.15) is 0 Å². The Kier molecular flexibility index (Phi) is 5.80. The van der Waals surface area contributed by atoms with E-state index in [1.165, 1.54) is 0 Å². The first-order chi connectivity index (χ1) is 14.1. The van der Waals surface area contributed by atoms with Gasteiger partial charge in [0.05, 0.1) is 24.5 Å². The minimum Gasteiger partial charge on any atom is -0.472 e. The number of hydrogen-bond donors (Lipinski definition) is 0. The van der Waals surface area contributed by atoms with Crippen molar-refractivity contribution in [3.63, 3.8) is 0 Å². The second-order valence-electron chi connectivity index (χ2n) is 6.72. The highest BCUT2D eigenvalue weighted by molar-refractivity contribution is 9.10. The minimum atomic E-state index is -0.518. The van der Waals surface area contributed by atoms with Crippen molar-refractivity contribution < 1.29 is 13.9 Å². The molecule has 2 aromatic heterocycles. The number of hydrogen-bond acceptors (Lipinski definition) is 5. The number of benzene rings is 1. The number of aromatic nitrogens is 3. The van der Waals surface area contributed by atoms with E-state index in [4.69, 9.17) is 4.74 Å². The van der Waals surface area contributed by atoms with Gasteiger partial charge in [-0.25, -0.2) is 19.3 Å². The maximum Gasteiger partial charge on any atom is 0.254 e. The molecule has 148 valence electrons. The number of carbonyl (C=O) groups is 1. The molecule has 0 spiro atoms. The van der Waals surface area contributed by atoms with Crippen LogP contribution in [-0.4, -0.2) is 45.0 Å². The number of ether oxygens (including phenoxy) is 1. The lowest BCUT2D eigenvalue weighted by Crippen LogP contribution is -2.44. The lowest BCUT2D eigenvalue weighted by Gasteiger charge is -2.33. The van der Waals surface area contributed by atoms with Crippen molar-refractivity contribution in [3.8, 4) is 17.3 Å². The Bertz CT molecular complexity index is 998. The number of nitrogens with zero attached hydrogens (tertiary/aromatic N) is 4. The molecule has 29 heavy (non-hydrogen) atoms. The van der Waals surface area contributed by atoms with E-state index in [2.05, 4.69) is 30.9 Å². The predicted octanol–water partition coefficient (Wildman–Crippen LogP) is 4.12. The lowest BCUT2D eigenvalue weighted by atomic mass is 10.0. The molecule has 1 aliphatic rings. The number of amides is 1. The van der Waals surface area contributed by atoms with Gasteiger partial charge in [0.1, 0.15) is 6.10 Å². The fraction of sp³-hybridized carbons (Fsp3) is 0.238. The smallest absolute Gasteiger partial charge is 0.254 e. The van der Waals surface area contributed by atoms with Crippen LogP contribution >= 0.6 is 15.9 Å². The van der Waals surface area contributed by atoms with Crippen LogP contribution in [0.1, 0.15) is 23.2 Å². The van der Waals surface area contributed by atoms with E-state index in [9.17, 15) is 9.18 Å². The molecule has 1 atom stereocenters. The first kappa shape index (κ1) is 19.4. The number of likely N-dealkylation sites (tertiary alicyclic amines) is 1. The van der Waals surface area contributed by atoms with Gasteiger partial charge in [0.2, 0.25) is 5.88 Å². The summed E-state index contributed by atoms with van der Waals surface area (Å²) in [6, 6.07) is 10.8. The van der Waals surface area contributed by atoms with Crippen LogP contribution in [0.4, 0.5) is 4.39 Å². The Labute approximate surface area is 175 Å². The van der Waals surface area contributed by atoms with Crippen molar-refractivity contribution in [2.45, 2.75) is 18.9 Å². The van der Waals surface area contributed by atoms with E-state index in [1.807, 2.05) is 6.07 Å². The zero-order valence-electron chi connectivity index (χ0n) is 15.5. The monoisotopic (exact) mass is 456 g/mol. The molecule has 0 N–H and O–H groups in total. The first-order valence-corrected chi connectivity index (χ1v) is 10.0. The van der Waals surface area contributed by atoms with Crippen LogP contribution in [0.3, 0.4) is 0 Å². The lowest BCUT2D eigenvalue weighted by molar-refractivity contribution is 0.0528. The van der Waals surface area contributed by atoms with Gasteiger partial charge in [-0.3, -0.25) is 4.79 Å². The van der Waals surface area contributed by atoms with Crippen molar-refractivity contribution >= 4 is 21.8 Å². The van der Waals surface area contributed by atoms with E-state index in [0.717, 1.165) is 29.7 Å². The molecule has 3 heterocycles. The maximum atomic E-state index is 13.2. The van der Waals surface area contributed by atoms with Gasteiger partial charge in [-0.15, -0.1) is 0 Å². The molecule has 1 unspecified atom stereocenters. The second kappa shape index (κ2) is 8.65. The number of carbonyl (C=O) groups excluding carboxylic acids is 1. The SMILES string of the molecule is O=C(c1ccccc1-c1ncc(F)cn1)N1CCCC(Oc2ccc(Br)cn2)C1. The Morgan fingerprint density at radius 1 is 1.10 bits per heavy atom. The highest BCUT2D eigenvalue weighted by Crippen LogP contribution is 2.24. The van der Waals surface area contributed by atoms with Gasteiger partial charge in [0.25, 0.3) is 5.91 Å². The van der Waals surface area contributed by atoms with Gasteiger partial charge in [0.15, 0.2) is 11.6 Å². The highest BCUT2D eigenvalue weighted by Gasteiger charge is 2.27. The molecule has 8 heteroatoms. The third-order valence-corrected chi connectivity index (χ3v) is 5.14. The van der Waals surface area contributed by atoms with Crippen LogP contribution in [0, 0.1) is 5.82 Å². The molecule has 1 aromatic carbocycles. The summed E-state index contributed by atoms with van der Waals surface area (Å²) >= 11 is 3.35. The quantitative estimate of drug-likeness (QED) is 0.590. The van der Waals surface area contributed by atoms with Gasteiger partial charge in [-0.1, -0.05) is 18.2 Å². The van der Waals surface area contributed by atoms with Crippen LogP contribution in [-0.2, 0) is 0 Å². The minimum absolute atomic E-state index is 0.120. The zero-order chi connectivity index (χ0) is 20.2. The fourth-order valence-corrected chi connectivity index (χ4v) is 3.54. The van der Waals surface area contributed by atoms with Crippen molar-refractivity contribution in [2.24, 2.45) is 0 Å². The summed E-state index contributed by atoms with van der Waals surface area (Å²) in [6.07, 6.45) is 5.43. The fourth-order valence-electron chi connectivity index (χ4n) is 3.31. The molecular weight excluding hydrogens is 439 g/mol. The molecule has 0 radical (unpaired) electrons. The molecule has 1 saturated heterocycles. The van der Waals surface area contributed by atoms with Gasteiger partial charge in [0, 0.05) is 28.8 Å². The largest absolute Gasteiger partial charge is 0.472 e. The molecule has 1 amide bonds. The summed E-state index contributed by atoms with van der Waals surface area (Å²) in [7, 11) is 0. The molecule has 6 nitrogen and oxygen atoms in total. The molecule has 0 bridgehead atoms. The zero-order valence-corrected chi connectivity index (χ0v) is 17.0. The number of pyridine rings is 1. The maximum absolute atomic E-state index is 13.2. The Balaban J connectivity index is 1.52. The van der Waals surface area contributed by atoms with Gasteiger partial charge in [-0.05, 0) is 40.9 Å². The Hall–Kier alpha value is -2.87. The topological polar surface area (TPSA) is 68.2 Å². The van der Waals surface area contributed by atoms with E-state index in [0.29, 0.717) is 35.9 Å². The van der Waals surface area contributed by atoms with E-state index >= 15 is 0 Å². The van der Waals surface area contributed by atoms with Crippen LogP contribution < -0.4 is 4.74 Å². The summed E-state index contributed by atoms with van der Waals surface area (Å²) in [5.74, 6) is 0.215. The number of piperidine rings is 1. The molecule has 1 aliphatic heterocycles. The number of rotatable bonds is 4. The normalized spacial score (nSPS) is 16.5. The summed E-state index contributed by atoms with van der Waals surface area (Å²) < 4.78 is 20.0. The molecule has 0 aliphatic carbocycles. The van der Waals surface area contributed by atoms with Crippen LogP contribution in [0.25, 0.3) is 11.4 Å².